The Kier molecular flexibility index (Phi) is 9.51. The molecule has 0 saturated carbocycles. The van der Waals surface area contributed by atoms with Gasteiger partial charge in [-0.1, -0.05) is 48.0 Å². The van der Waals surface area contributed by atoms with Gasteiger partial charge in [0.1, 0.15) is 0 Å². The van der Waals surface area contributed by atoms with E-state index in [0.29, 0.717) is 0 Å². The van der Waals surface area contributed by atoms with Crippen molar-refractivity contribution < 1.29 is 0 Å². The molecule has 4 aromatic rings. The van der Waals surface area contributed by atoms with Gasteiger partial charge in [0.2, 0.25) is 0 Å². The number of halogens is 1. The predicted molar refractivity (Wildman–Crippen MR) is 169 cm³/mol. The Morgan fingerprint density at radius 2 is 0.737 bits per heavy atom. The summed E-state index contributed by atoms with van der Waals surface area (Å²) in [6.07, 6.45) is 4.25. The van der Waals surface area contributed by atoms with Crippen LogP contribution in [0.1, 0.15) is 38.8 Å². The van der Waals surface area contributed by atoms with Crippen molar-refractivity contribution >= 4 is 52.2 Å². The molecule has 0 heterocycles. The molecule has 3 nitrogen and oxygen atoms in total. The molecule has 0 amide bonds. The lowest BCUT2D eigenvalue weighted by Gasteiger charge is -2.28. The molecule has 0 unspecified atom stereocenters. The monoisotopic (exact) mass is 523 g/mol. The molecule has 38 heavy (non-hydrogen) atoms. The lowest BCUT2D eigenvalue weighted by molar-refractivity contribution is 0.866. The SMILES string of the molecule is CCN(CC)c1ccc(N(c2ccc(/C=C/c3ccc(Cl)cc3)cc2)c2ccc(N(CC)CC)cc2)cc1. The molecule has 0 spiro atoms. The molecule has 0 atom stereocenters. The van der Waals surface area contributed by atoms with Crippen molar-refractivity contribution in [2.24, 2.45) is 0 Å². The largest absolute Gasteiger partial charge is 0.372 e. The van der Waals surface area contributed by atoms with Crippen LogP contribution in [-0.4, -0.2) is 26.2 Å². The number of hydrogen-bond acceptors (Lipinski definition) is 3. The second kappa shape index (κ2) is 13.2. The van der Waals surface area contributed by atoms with E-state index in [-0.39, 0.29) is 0 Å². The van der Waals surface area contributed by atoms with Crippen LogP contribution in [0, 0.1) is 0 Å². The average molecular weight is 524 g/mol. The molecule has 0 aliphatic carbocycles. The van der Waals surface area contributed by atoms with Gasteiger partial charge < -0.3 is 14.7 Å². The molecule has 0 fully saturated rings. The zero-order chi connectivity index (χ0) is 26.9. The Balaban J connectivity index is 1.66. The molecule has 0 saturated heterocycles. The first-order valence-corrected chi connectivity index (χ1v) is 14.0. The fourth-order valence-corrected chi connectivity index (χ4v) is 4.88. The number of nitrogens with zero attached hydrogens (tertiary/aromatic N) is 3. The van der Waals surface area contributed by atoms with Gasteiger partial charge in [0, 0.05) is 59.6 Å². The normalized spacial score (nSPS) is 11.1. The summed E-state index contributed by atoms with van der Waals surface area (Å²) in [6, 6.07) is 34.4. The third-order valence-corrected chi connectivity index (χ3v) is 7.21. The third kappa shape index (κ3) is 6.59. The highest BCUT2D eigenvalue weighted by atomic mass is 35.5. The summed E-state index contributed by atoms with van der Waals surface area (Å²) in [6.45, 7) is 12.8. The van der Waals surface area contributed by atoms with Gasteiger partial charge in [-0.05, 0) is 112 Å². The first-order chi connectivity index (χ1) is 18.6. The predicted octanol–water partition coefficient (Wildman–Crippen LogP) is 9.67. The summed E-state index contributed by atoms with van der Waals surface area (Å²) in [4.78, 5) is 7.06. The Labute approximate surface area is 233 Å². The van der Waals surface area contributed by atoms with Crippen molar-refractivity contribution in [3.05, 3.63) is 113 Å². The van der Waals surface area contributed by atoms with Gasteiger partial charge in [-0.2, -0.15) is 0 Å². The van der Waals surface area contributed by atoms with E-state index in [9.17, 15) is 0 Å². The molecule has 0 aliphatic rings. The Morgan fingerprint density at radius 3 is 1.08 bits per heavy atom. The van der Waals surface area contributed by atoms with Crippen LogP contribution in [-0.2, 0) is 0 Å². The van der Waals surface area contributed by atoms with Crippen LogP contribution in [0.4, 0.5) is 28.4 Å². The van der Waals surface area contributed by atoms with Crippen molar-refractivity contribution in [3.8, 4) is 0 Å². The zero-order valence-electron chi connectivity index (χ0n) is 22.9. The third-order valence-electron chi connectivity index (χ3n) is 6.96. The standard InChI is InChI=1S/C34H38ClN3/c1-5-36(6-2)30-19-23-33(24-20-30)38(34-25-21-31(22-26-34)37(7-3)8-4)32-17-13-28(14-18-32)10-9-27-11-15-29(35)16-12-27/h9-26H,5-8H2,1-4H3/b10-9+. The minimum atomic E-state index is 0.752. The van der Waals surface area contributed by atoms with E-state index >= 15 is 0 Å². The fraction of sp³-hybridized carbons (Fsp3) is 0.235. The van der Waals surface area contributed by atoms with Crippen molar-refractivity contribution in [1.82, 2.24) is 0 Å². The van der Waals surface area contributed by atoms with Gasteiger partial charge in [-0.25, -0.2) is 0 Å². The maximum Gasteiger partial charge on any atom is 0.0463 e. The molecule has 0 aromatic heterocycles. The Bertz CT molecular complexity index is 1230. The molecule has 0 aliphatic heterocycles. The molecular formula is C34H38ClN3. The van der Waals surface area contributed by atoms with Crippen LogP contribution in [0.25, 0.3) is 12.2 Å². The molecule has 0 bridgehead atoms. The maximum absolute atomic E-state index is 6.02. The fourth-order valence-electron chi connectivity index (χ4n) is 4.75. The van der Waals surface area contributed by atoms with Crippen molar-refractivity contribution in [1.29, 1.82) is 0 Å². The molecule has 4 rings (SSSR count). The van der Waals surface area contributed by atoms with Crippen LogP contribution in [0.3, 0.4) is 0 Å². The second-order valence-electron chi connectivity index (χ2n) is 9.19. The van der Waals surface area contributed by atoms with E-state index in [4.69, 9.17) is 11.6 Å². The van der Waals surface area contributed by atoms with Crippen molar-refractivity contribution in [2.75, 3.05) is 40.9 Å². The topological polar surface area (TPSA) is 9.72 Å². The Morgan fingerprint density at radius 1 is 0.447 bits per heavy atom. The van der Waals surface area contributed by atoms with E-state index in [1.807, 2.05) is 24.3 Å². The van der Waals surface area contributed by atoms with Crippen LogP contribution < -0.4 is 14.7 Å². The molecular weight excluding hydrogens is 486 g/mol. The highest BCUT2D eigenvalue weighted by Crippen LogP contribution is 2.36. The Hall–Kier alpha value is -3.69. The number of benzene rings is 4. The van der Waals surface area contributed by atoms with Gasteiger partial charge in [0.05, 0.1) is 0 Å². The van der Waals surface area contributed by atoms with Crippen molar-refractivity contribution in [3.63, 3.8) is 0 Å². The van der Waals surface area contributed by atoms with E-state index in [1.165, 1.54) is 11.4 Å². The molecule has 196 valence electrons. The molecule has 4 heteroatoms. The number of anilines is 5. The van der Waals surface area contributed by atoms with Gasteiger partial charge in [0.15, 0.2) is 0 Å². The number of rotatable bonds is 11. The van der Waals surface area contributed by atoms with Crippen LogP contribution in [0.5, 0.6) is 0 Å². The lowest BCUT2D eigenvalue weighted by atomic mass is 10.1. The minimum absolute atomic E-state index is 0.752. The van der Waals surface area contributed by atoms with E-state index < -0.39 is 0 Å². The molecule has 4 aromatic carbocycles. The van der Waals surface area contributed by atoms with Crippen molar-refractivity contribution in [2.45, 2.75) is 27.7 Å². The lowest BCUT2D eigenvalue weighted by Crippen LogP contribution is -2.22. The smallest absolute Gasteiger partial charge is 0.0463 e. The maximum atomic E-state index is 6.02. The summed E-state index contributed by atoms with van der Waals surface area (Å²) < 4.78 is 0. The van der Waals surface area contributed by atoms with E-state index in [2.05, 4.69) is 127 Å². The van der Waals surface area contributed by atoms with Gasteiger partial charge >= 0.3 is 0 Å². The number of hydrogen-bond donors (Lipinski definition) is 0. The minimum Gasteiger partial charge on any atom is -0.372 e. The first-order valence-electron chi connectivity index (χ1n) is 13.6. The quantitative estimate of drug-likeness (QED) is 0.181. The highest BCUT2D eigenvalue weighted by molar-refractivity contribution is 6.30. The second-order valence-corrected chi connectivity index (χ2v) is 9.63. The zero-order valence-corrected chi connectivity index (χ0v) is 23.7. The summed E-state index contributed by atoms with van der Waals surface area (Å²) >= 11 is 6.02. The highest BCUT2D eigenvalue weighted by Gasteiger charge is 2.14. The summed E-state index contributed by atoms with van der Waals surface area (Å²) in [7, 11) is 0. The van der Waals surface area contributed by atoms with Crippen LogP contribution in [0.15, 0.2) is 97.1 Å². The van der Waals surface area contributed by atoms with Crippen LogP contribution >= 0.6 is 11.6 Å². The van der Waals surface area contributed by atoms with E-state index in [0.717, 1.165) is 59.4 Å². The van der Waals surface area contributed by atoms with Crippen LogP contribution in [0.2, 0.25) is 5.02 Å². The first kappa shape index (κ1) is 27.3. The van der Waals surface area contributed by atoms with E-state index in [1.54, 1.807) is 0 Å². The summed E-state index contributed by atoms with van der Waals surface area (Å²) in [5.41, 5.74) is 8.18. The van der Waals surface area contributed by atoms with Gasteiger partial charge in [0.25, 0.3) is 0 Å². The molecule has 0 N–H and O–H groups in total. The van der Waals surface area contributed by atoms with Gasteiger partial charge in [-0.15, -0.1) is 0 Å². The summed E-state index contributed by atoms with van der Waals surface area (Å²) in [5, 5.41) is 0.752. The summed E-state index contributed by atoms with van der Waals surface area (Å²) in [5.74, 6) is 0. The van der Waals surface area contributed by atoms with Gasteiger partial charge in [-0.3, -0.25) is 0 Å². The average Bonchev–Trinajstić information content (AvgIpc) is 2.96. The molecule has 0 radical (unpaired) electrons.